The van der Waals surface area contributed by atoms with Gasteiger partial charge in [0.25, 0.3) is 5.91 Å². The van der Waals surface area contributed by atoms with Gasteiger partial charge in [-0.15, -0.1) is 0 Å². The molecule has 7 nitrogen and oxygen atoms in total. The minimum Gasteiger partial charge on any atom is -0.462 e. The molecule has 0 radical (unpaired) electrons. The maximum atomic E-state index is 12.9. The lowest BCUT2D eigenvalue weighted by Gasteiger charge is -2.10. The minimum absolute atomic E-state index is 0.0913. The van der Waals surface area contributed by atoms with Crippen molar-refractivity contribution in [2.75, 3.05) is 17.2 Å². The van der Waals surface area contributed by atoms with E-state index in [1.54, 1.807) is 31.2 Å². The Bertz CT molecular complexity index is 976. The highest BCUT2D eigenvalue weighted by molar-refractivity contribution is 6.02. The second-order valence-corrected chi connectivity index (χ2v) is 5.64. The van der Waals surface area contributed by atoms with E-state index < -0.39 is 17.7 Å². The number of para-hydroxylation sites is 1. The van der Waals surface area contributed by atoms with Crippen LogP contribution in [-0.4, -0.2) is 28.5 Å². The van der Waals surface area contributed by atoms with Crippen LogP contribution in [0.5, 0.6) is 0 Å². The number of nitrogens with one attached hydrogen (secondary N) is 2. The molecule has 28 heavy (non-hydrogen) atoms. The number of amides is 1. The Balaban J connectivity index is 1.70. The van der Waals surface area contributed by atoms with E-state index in [0.29, 0.717) is 22.8 Å². The molecule has 0 bridgehead atoms. The molecule has 3 aromatic rings. The van der Waals surface area contributed by atoms with Crippen LogP contribution in [0.4, 0.5) is 21.6 Å². The Morgan fingerprint density at radius 1 is 1.04 bits per heavy atom. The lowest BCUT2D eigenvalue weighted by molar-refractivity contribution is 0.0527. The highest BCUT2D eigenvalue weighted by Gasteiger charge is 2.13. The standard InChI is InChI=1S/C20H17FN4O3/c1-2-28-20(27)15-5-3-4-6-16(15)25-18-12-22-17(11-23-18)19(26)24-14-9-7-13(21)8-10-14/h3-12H,2H2,1H3,(H,23,25)(H,24,26). The molecule has 0 aliphatic rings. The Morgan fingerprint density at radius 2 is 1.79 bits per heavy atom. The molecule has 8 heteroatoms. The Hall–Kier alpha value is -3.81. The lowest BCUT2D eigenvalue weighted by Crippen LogP contribution is -2.14. The first-order valence-corrected chi connectivity index (χ1v) is 8.49. The first-order valence-electron chi connectivity index (χ1n) is 8.49. The number of anilines is 3. The zero-order valence-electron chi connectivity index (χ0n) is 15.0. The van der Waals surface area contributed by atoms with Gasteiger partial charge in [0.05, 0.1) is 30.3 Å². The summed E-state index contributed by atoms with van der Waals surface area (Å²) in [4.78, 5) is 32.4. The highest BCUT2D eigenvalue weighted by atomic mass is 19.1. The van der Waals surface area contributed by atoms with Gasteiger partial charge in [0.2, 0.25) is 0 Å². The van der Waals surface area contributed by atoms with Crippen molar-refractivity contribution in [2.45, 2.75) is 6.92 Å². The second kappa shape index (κ2) is 8.72. The van der Waals surface area contributed by atoms with Gasteiger partial charge in [0.15, 0.2) is 0 Å². The molecule has 0 atom stereocenters. The number of halogens is 1. The topological polar surface area (TPSA) is 93.2 Å². The van der Waals surface area contributed by atoms with E-state index in [1.165, 1.54) is 36.7 Å². The van der Waals surface area contributed by atoms with Gasteiger partial charge in [-0.2, -0.15) is 0 Å². The van der Waals surface area contributed by atoms with Crippen molar-refractivity contribution in [1.82, 2.24) is 9.97 Å². The maximum absolute atomic E-state index is 12.9. The molecule has 0 fully saturated rings. The molecule has 3 rings (SSSR count). The number of carbonyl (C=O) groups excluding carboxylic acids is 2. The average molecular weight is 380 g/mol. The van der Waals surface area contributed by atoms with Crippen molar-refractivity contribution in [1.29, 1.82) is 0 Å². The number of nitrogens with zero attached hydrogens (tertiary/aromatic N) is 2. The van der Waals surface area contributed by atoms with Gasteiger partial charge in [-0.05, 0) is 43.3 Å². The van der Waals surface area contributed by atoms with Crippen LogP contribution >= 0.6 is 0 Å². The van der Waals surface area contributed by atoms with Gasteiger partial charge in [-0.1, -0.05) is 12.1 Å². The van der Waals surface area contributed by atoms with Crippen molar-refractivity contribution >= 4 is 29.1 Å². The molecule has 0 aliphatic carbocycles. The molecule has 0 aliphatic heterocycles. The summed E-state index contributed by atoms with van der Waals surface area (Å²) < 4.78 is 18.0. The van der Waals surface area contributed by atoms with Gasteiger partial charge < -0.3 is 15.4 Å². The third-order valence-electron chi connectivity index (χ3n) is 3.67. The molecule has 0 saturated heterocycles. The predicted molar refractivity (Wildman–Crippen MR) is 102 cm³/mol. The summed E-state index contributed by atoms with van der Waals surface area (Å²) in [5.74, 6) is -0.960. The molecule has 142 valence electrons. The molecule has 2 N–H and O–H groups in total. The number of aromatic nitrogens is 2. The van der Waals surface area contributed by atoms with Crippen molar-refractivity contribution in [3.05, 3.63) is 78.0 Å². The molecule has 1 aromatic heterocycles. The largest absolute Gasteiger partial charge is 0.462 e. The van der Waals surface area contributed by atoms with E-state index in [2.05, 4.69) is 20.6 Å². The fraction of sp³-hybridized carbons (Fsp3) is 0.100. The van der Waals surface area contributed by atoms with Crippen LogP contribution in [0, 0.1) is 5.82 Å². The zero-order chi connectivity index (χ0) is 19.9. The molecular formula is C20H17FN4O3. The third kappa shape index (κ3) is 4.67. The van der Waals surface area contributed by atoms with E-state index in [1.807, 2.05) is 0 Å². The molecule has 0 unspecified atom stereocenters. The van der Waals surface area contributed by atoms with E-state index in [9.17, 15) is 14.0 Å². The first kappa shape index (κ1) is 19.0. The average Bonchev–Trinajstić information content (AvgIpc) is 2.71. The number of esters is 1. The van der Waals surface area contributed by atoms with Crippen LogP contribution in [-0.2, 0) is 4.74 Å². The fourth-order valence-corrected chi connectivity index (χ4v) is 2.36. The quantitative estimate of drug-likeness (QED) is 0.632. The van der Waals surface area contributed by atoms with Gasteiger partial charge >= 0.3 is 5.97 Å². The lowest BCUT2D eigenvalue weighted by atomic mass is 10.2. The number of hydrogen-bond acceptors (Lipinski definition) is 6. The molecular weight excluding hydrogens is 363 g/mol. The molecule has 1 heterocycles. The van der Waals surface area contributed by atoms with Crippen molar-refractivity contribution in [2.24, 2.45) is 0 Å². The van der Waals surface area contributed by atoms with Crippen LogP contribution < -0.4 is 10.6 Å². The smallest absolute Gasteiger partial charge is 0.340 e. The third-order valence-corrected chi connectivity index (χ3v) is 3.67. The summed E-state index contributed by atoms with van der Waals surface area (Å²) in [5, 5.41) is 5.59. The minimum atomic E-state index is -0.474. The number of rotatable bonds is 6. The molecule has 1 amide bonds. The van der Waals surface area contributed by atoms with Crippen LogP contribution in [0.3, 0.4) is 0 Å². The van der Waals surface area contributed by atoms with Crippen LogP contribution in [0.15, 0.2) is 60.9 Å². The molecule has 0 spiro atoms. The molecule has 2 aromatic carbocycles. The fourth-order valence-electron chi connectivity index (χ4n) is 2.36. The van der Waals surface area contributed by atoms with Gasteiger partial charge in [-0.3, -0.25) is 4.79 Å². The monoisotopic (exact) mass is 380 g/mol. The summed E-state index contributed by atoms with van der Waals surface area (Å²) in [6.07, 6.45) is 2.68. The first-order chi connectivity index (χ1) is 13.6. The Labute approximate surface area is 160 Å². The summed E-state index contributed by atoms with van der Waals surface area (Å²) in [6, 6.07) is 12.2. The summed E-state index contributed by atoms with van der Waals surface area (Å²) in [7, 11) is 0. The Morgan fingerprint density at radius 3 is 2.46 bits per heavy atom. The molecule has 0 saturated carbocycles. The van der Waals surface area contributed by atoms with E-state index in [-0.39, 0.29) is 12.3 Å². The highest BCUT2D eigenvalue weighted by Crippen LogP contribution is 2.20. The summed E-state index contributed by atoms with van der Waals surface area (Å²) >= 11 is 0. The van der Waals surface area contributed by atoms with E-state index in [4.69, 9.17) is 4.74 Å². The van der Waals surface area contributed by atoms with Crippen molar-refractivity contribution < 1.29 is 18.7 Å². The Kier molecular flexibility index (Phi) is 5.91. The van der Waals surface area contributed by atoms with Crippen molar-refractivity contribution in [3.63, 3.8) is 0 Å². The number of carbonyl (C=O) groups is 2. The summed E-state index contributed by atoms with van der Waals surface area (Å²) in [5.41, 5.74) is 1.41. The van der Waals surface area contributed by atoms with Crippen LogP contribution in [0.2, 0.25) is 0 Å². The maximum Gasteiger partial charge on any atom is 0.340 e. The van der Waals surface area contributed by atoms with E-state index >= 15 is 0 Å². The second-order valence-electron chi connectivity index (χ2n) is 5.64. The number of benzene rings is 2. The number of hydrogen-bond donors (Lipinski definition) is 2. The number of ether oxygens (including phenoxy) is 1. The van der Waals surface area contributed by atoms with Gasteiger partial charge in [-0.25, -0.2) is 19.2 Å². The van der Waals surface area contributed by atoms with Crippen molar-refractivity contribution in [3.8, 4) is 0 Å². The van der Waals surface area contributed by atoms with Gasteiger partial charge in [0, 0.05) is 5.69 Å². The zero-order valence-corrected chi connectivity index (χ0v) is 15.0. The SMILES string of the molecule is CCOC(=O)c1ccccc1Nc1cnc(C(=O)Nc2ccc(F)cc2)cn1. The van der Waals surface area contributed by atoms with E-state index in [0.717, 1.165) is 0 Å². The summed E-state index contributed by atoms with van der Waals surface area (Å²) in [6.45, 7) is 2.00. The van der Waals surface area contributed by atoms with Gasteiger partial charge in [0.1, 0.15) is 17.3 Å². The normalized spacial score (nSPS) is 10.2. The van der Waals surface area contributed by atoms with Crippen LogP contribution in [0.1, 0.15) is 27.8 Å². The van der Waals surface area contributed by atoms with Crippen LogP contribution in [0.25, 0.3) is 0 Å². The predicted octanol–water partition coefficient (Wildman–Crippen LogP) is 3.79.